The molecule has 2 aromatic rings. The molecule has 0 aliphatic rings. The number of halogens is 1. The molecule has 1 aromatic carbocycles. The maximum absolute atomic E-state index is 10.9. The highest BCUT2D eigenvalue weighted by atomic mass is 127. The Morgan fingerprint density at radius 3 is 2.94 bits per heavy atom. The van der Waals surface area contributed by atoms with Gasteiger partial charge in [-0.25, -0.2) is 0 Å². The van der Waals surface area contributed by atoms with Gasteiger partial charge in [-0.3, -0.25) is 10.1 Å². The second-order valence-electron chi connectivity index (χ2n) is 3.51. The fraction of sp³-hybridized carbons (Fsp3) is 0.200. The molecule has 8 heteroatoms. The third-order valence-corrected chi connectivity index (χ3v) is 2.83. The molecule has 0 saturated carbocycles. The highest BCUT2D eigenvalue weighted by Crippen LogP contribution is 2.26. The third-order valence-electron chi connectivity index (χ3n) is 2.16. The minimum atomic E-state index is -0.427. The molecule has 7 nitrogen and oxygen atoms in total. The van der Waals surface area contributed by atoms with E-state index < -0.39 is 4.92 Å². The van der Waals surface area contributed by atoms with Crippen LogP contribution in [0.5, 0.6) is 0 Å². The topological polar surface area (TPSA) is 94.1 Å². The van der Waals surface area contributed by atoms with Gasteiger partial charge in [0.1, 0.15) is 5.69 Å². The second kappa shape index (κ2) is 5.29. The average molecular weight is 360 g/mol. The van der Waals surface area contributed by atoms with E-state index >= 15 is 0 Å². The largest absolute Gasteiger partial charge is 0.371 e. The van der Waals surface area contributed by atoms with E-state index in [1.807, 2.05) is 22.6 Å². The Kier molecular flexibility index (Phi) is 3.75. The van der Waals surface area contributed by atoms with Crippen LogP contribution in [0.25, 0.3) is 0 Å². The first-order valence-corrected chi connectivity index (χ1v) is 6.11. The Hall–Kier alpha value is -1.71. The number of nitro groups is 1. The summed E-state index contributed by atoms with van der Waals surface area (Å²) < 4.78 is 5.72. The normalized spacial score (nSPS) is 10.3. The van der Waals surface area contributed by atoms with Gasteiger partial charge < -0.3 is 9.84 Å². The first kappa shape index (κ1) is 12.7. The molecule has 0 unspecified atom stereocenters. The lowest BCUT2D eigenvalue weighted by atomic mass is 10.2. The number of hydrogen-bond acceptors (Lipinski definition) is 6. The maximum atomic E-state index is 10.9. The molecular weight excluding hydrogens is 351 g/mol. The van der Waals surface area contributed by atoms with E-state index in [1.165, 1.54) is 6.07 Å². The lowest BCUT2D eigenvalue weighted by Gasteiger charge is -2.04. The highest BCUT2D eigenvalue weighted by molar-refractivity contribution is 14.1. The van der Waals surface area contributed by atoms with E-state index in [4.69, 9.17) is 4.52 Å². The summed E-state index contributed by atoms with van der Waals surface area (Å²) in [4.78, 5) is 14.5. The van der Waals surface area contributed by atoms with Gasteiger partial charge in [0.15, 0.2) is 5.82 Å². The van der Waals surface area contributed by atoms with Crippen LogP contribution in [-0.4, -0.2) is 15.1 Å². The molecular formula is C10H9IN4O3. The van der Waals surface area contributed by atoms with Crippen LogP contribution in [0.2, 0.25) is 0 Å². The fourth-order valence-electron chi connectivity index (χ4n) is 1.39. The molecule has 0 amide bonds. The van der Waals surface area contributed by atoms with Crippen LogP contribution in [0.4, 0.5) is 11.4 Å². The lowest BCUT2D eigenvalue weighted by molar-refractivity contribution is -0.384. The number of hydrogen-bond donors (Lipinski definition) is 1. The number of anilines is 1. The molecule has 2 rings (SSSR count). The van der Waals surface area contributed by atoms with Crippen molar-refractivity contribution in [3.63, 3.8) is 0 Å². The number of nitro benzene ring substituents is 1. The van der Waals surface area contributed by atoms with Gasteiger partial charge in [-0.05, 0) is 41.6 Å². The Balaban J connectivity index is 2.16. The quantitative estimate of drug-likeness (QED) is 0.512. The summed E-state index contributed by atoms with van der Waals surface area (Å²) in [5, 5.41) is 17.4. The summed E-state index contributed by atoms with van der Waals surface area (Å²) in [7, 11) is 0. The maximum Gasteiger partial charge on any atom is 0.293 e. The molecule has 0 fully saturated rings. The van der Waals surface area contributed by atoms with Crippen molar-refractivity contribution in [2.75, 3.05) is 5.32 Å². The van der Waals surface area contributed by atoms with E-state index in [9.17, 15) is 10.1 Å². The van der Waals surface area contributed by atoms with Gasteiger partial charge in [0, 0.05) is 9.64 Å². The minimum absolute atomic E-state index is 0.0261. The zero-order chi connectivity index (χ0) is 13.1. The summed E-state index contributed by atoms with van der Waals surface area (Å²) in [6.45, 7) is 1.96. The van der Waals surface area contributed by atoms with Gasteiger partial charge >= 0.3 is 0 Å². The van der Waals surface area contributed by atoms with Crippen molar-refractivity contribution < 1.29 is 9.45 Å². The van der Waals surface area contributed by atoms with Crippen LogP contribution < -0.4 is 5.32 Å². The standard InChI is InChI=1S/C10H9IN4O3/c1-6-13-10(18-14-6)5-12-8-3-2-7(11)4-9(8)15(16)17/h2-4,12H,5H2,1H3. The van der Waals surface area contributed by atoms with Crippen LogP contribution in [0, 0.1) is 20.6 Å². The summed E-state index contributed by atoms with van der Waals surface area (Å²) in [5.41, 5.74) is 0.453. The van der Waals surface area contributed by atoms with Crippen LogP contribution in [-0.2, 0) is 6.54 Å². The number of nitrogens with zero attached hydrogens (tertiary/aromatic N) is 3. The van der Waals surface area contributed by atoms with Crippen molar-refractivity contribution in [2.24, 2.45) is 0 Å². The van der Waals surface area contributed by atoms with Crippen molar-refractivity contribution in [2.45, 2.75) is 13.5 Å². The predicted octanol–water partition coefficient (Wildman–Crippen LogP) is 2.50. The first-order valence-electron chi connectivity index (χ1n) is 5.03. The predicted molar refractivity (Wildman–Crippen MR) is 72.2 cm³/mol. The fourth-order valence-corrected chi connectivity index (χ4v) is 1.86. The second-order valence-corrected chi connectivity index (χ2v) is 4.75. The summed E-state index contributed by atoms with van der Waals surface area (Å²) >= 11 is 2.03. The minimum Gasteiger partial charge on any atom is -0.371 e. The van der Waals surface area contributed by atoms with E-state index in [0.29, 0.717) is 17.4 Å². The van der Waals surface area contributed by atoms with Crippen molar-refractivity contribution >= 4 is 34.0 Å². The number of aromatic nitrogens is 2. The van der Waals surface area contributed by atoms with Gasteiger partial charge in [0.05, 0.1) is 11.5 Å². The van der Waals surface area contributed by atoms with Crippen LogP contribution >= 0.6 is 22.6 Å². The van der Waals surface area contributed by atoms with Gasteiger partial charge in [0.2, 0.25) is 5.89 Å². The van der Waals surface area contributed by atoms with Crippen molar-refractivity contribution in [1.82, 2.24) is 10.1 Å². The summed E-state index contributed by atoms with van der Waals surface area (Å²) in [6.07, 6.45) is 0. The molecule has 0 atom stereocenters. The average Bonchev–Trinajstić information content (AvgIpc) is 2.73. The van der Waals surface area contributed by atoms with Gasteiger partial charge in [-0.15, -0.1) is 0 Å². The van der Waals surface area contributed by atoms with E-state index in [-0.39, 0.29) is 12.2 Å². The van der Waals surface area contributed by atoms with Gasteiger partial charge in [-0.2, -0.15) is 4.98 Å². The molecule has 1 aromatic heterocycles. The molecule has 0 aliphatic heterocycles. The number of rotatable bonds is 4. The SMILES string of the molecule is Cc1noc(CNc2ccc(I)cc2[N+](=O)[O-])n1. The van der Waals surface area contributed by atoms with Crippen molar-refractivity contribution in [3.8, 4) is 0 Å². The Bertz CT molecular complexity index is 584. The zero-order valence-corrected chi connectivity index (χ0v) is 11.5. The van der Waals surface area contributed by atoms with E-state index in [1.54, 1.807) is 19.1 Å². The molecule has 0 spiro atoms. The molecule has 18 heavy (non-hydrogen) atoms. The molecule has 1 N–H and O–H groups in total. The van der Waals surface area contributed by atoms with E-state index in [2.05, 4.69) is 15.5 Å². The van der Waals surface area contributed by atoms with E-state index in [0.717, 1.165) is 3.57 Å². The molecule has 1 heterocycles. The van der Waals surface area contributed by atoms with Crippen LogP contribution in [0.15, 0.2) is 22.7 Å². The van der Waals surface area contributed by atoms with Crippen molar-refractivity contribution in [1.29, 1.82) is 0 Å². The monoisotopic (exact) mass is 360 g/mol. The van der Waals surface area contributed by atoms with Crippen molar-refractivity contribution in [3.05, 3.63) is 43.6 Å². The van der Waals surface area contributed by atoms with Gasteiger partial charge in [0.25, 0.3) is 5.69 Å². The smallest absolute Gasteiger partial charge is 0.293 e. The molecule has 0 saturated heterocycles. The summed E-state index contributed by atoms with van der Waals surface area (Å²) in [6, 6.07) is 4.94. The molecule has 0 aliphatic carbocycles. The number of benzene rings is 1. The Morgan fingerprint density at radius 2 is 2.33 bits per heavy atom. The Labute approximate surface area is 116 Å². The molecule has 0 radical (unpaired) electrons. The molecule has 94 valence electrons. The zero-order valence-electron chi connectivity index (χ0n) is 9.38. The number of aryl methyl sites for hydroxylation is 1. The lowest BCUT2D eigenvalue weighted by Crippen LogP contribution is -2.03. The first-order chi connectivity index (χ1) is 8.56. The summed E-state index contributed by atoms with van der Waals surface area (Å²) in [5.74, 6) is 0.921. The Morgan fingerprint density at radius 1 is 1.56 bits per heavy atom. The molecule has 0 bridgehead atoms. The van der Waals surface area contributed by atoms with Crippen LogP contribution in [0.1, 0.15) is 11.7 Å². The highest BCUT2D eigenvalue weighted by Gasteiger charge is 2.14. The number of nitrogens with one attached hydrogen (secondary N) is 1. The van der Waals surface area contributed by atoms with Gasteiger partial charge in [-0.1, -0.05) is 5.16 Å². The van der Waals surface area contributed by atoms with Crippen LogP contribution in [0.3, 0.4) is 0 Å². The third kappa shape index (κ3) is 2.94.